The summed E-state index contributed by atoms with van der Waals surface area (Å²) in [4.78, 5) is 0. The highest BCUT2D eigenvalue weighted by Gasteiger charge is 2.03. The van der Waals surface area contributed by atoms with Crippen LogP contribution in [0.4, 0.5) is 0 Å². The predicted molar refractivity (Wildman–Crippen MR) is 68.1 cm³/mol. The Kier molecular flexibility index (Phi) is 5.48. The van der Waals surface area contributed by atoms with E-state index in [0.717, 1.165) is 43.1 Å². The molecule has 0 amide bonds. The third-order valence-electron chi connectivity index (χ3n) is 2.14. The zero-order chi connectivity index (χ0) is 11.8. The Bertz CT molecular complexity index is 332. The van der Waals surface area contributed by atoms with E-state index in [-0.39, 0.29) is 0 Å². The first-order chi connectivity index (χ1) is 7.81. The molecule has 1 aromatic carbocycles. The van der Waals surface area contributed by atoms with E-state index in [1.165, 1.54) is 0 Å². The zero-order valence-corrected chi connectivity index (χ0v) is 10.2. The Morgan fingerprint density at radius 1 is 1.12 bits per heavy atom. The third-order valence-corrected chi connectivity index (χ3v) is 2.14. The topological polar surface area (TPSA) is 18.5 Å². The van der Waals surface area contributed by atoms with Crippen LogP contribution in [0.25, 0.3) is 6.08 Å². The number of hydrogen-bond acceptors (Lipinski definition) is 2. The molecule has 1 rings (SSSR count). The van der Waals surface area contributed by atoms with Gasteiger partial charge in [0.15, 0.2) is 0 Å². The van der Waals surface area contributed by atoms with E-state index in [2.05, 4.69) is 20.4 Å². The first kappa shape index (κ1) is 12.6. The Morgan fingerprint density at radius 2 is 1.81 bits per heavy atom. The average Bonchev–Trinajstić information content (AvgIpc) is 2.33. The van der Waals surface area contributed by atoms with Gasteiger partial charge in [0, 0.05) is 11.6 Å². The molecule has 1 aromatic rings. The molecule has 2 heteroatoms. The summed E-state index contributed by atoms with van der Waals surface area (Å²) in [5.41, 5.74) is 1.01. The van der Waals surface area contributed by atoms with Gasteiger partial charge in [-0.1, -0.05) is 26.5 Å². The van der Waals surface area contributed by atoms with Crippen LogP contribution in [0.2, 0.25) is 0 Å². The standard InChI is InChI=1S/C14H20O2/c1-4-9-15-13-8-7-12(6-3)14(11-13)16-10-5-2/h6-8,11H,3-5,9-10H2,1-2H3. The lowest BCUT2D eigenvalue weighted by molar-refractivity contribution is 0.301. The molecule has 0 aliphatic rings. The molecule has 16 heavy (non-hydrogen) atoms. The van der Waals surface area contributed by atoms with Crippen LogP contribution in [0.5, 0.6) is 11.5 Å². The van der Waals surface area contributed by atoms with Gasteiger partial charge in [-0.2, -0.15) is 0 Å². The summed E-state index contributed by atoms with van der Waals surface area (Å²) >= 11 is 0. The molecule has 0 fully saturated rings. The molecule has 0 radical (unpaired) electrons. The maximum atomic E-state index is 5.65. The minimum Gasteiger partial charge on any atom is -0.493 e. The molecule has 0 aliphatic heterocycles. The van der Waals surface area contributed by atoms with E-state index in [0.29, 0.717) is 0 Å². The fourth-order valence-corrected chi connectivity index (χ4v) is 1.33. The molecule has 88 valence electrons. The van der Waals surface area contributed by atoms with Crippen molar-refractivity contribution in [1.82, 2.24) is 0 Å². The van der Waals surface area contributed by atoms with Crippen LogP contribution in [0.3, 0.4) is 0 Å². The molecule has 0 aromatic heterocycles. The van der Waals surface area contributed by atoms with E-state index < -0.39 is 0 Å². The Hall–Kier alpha value is -1.44. The van der Waals surface area contributed by atoms with E-state index in [1.54, 1.807) is 6.08 Å². The molecular weight excluding hydrogens is 200 g/mol. The molecule has 0 spiro atoms. The van der Waals surface area contributed by atoms with Crippen molar-refractivity contribution in [1.29, 1.82) is 0 Å². The van der Waals surface area contributed by atoms with E-state index in [9.17, 15) is 0 Å². The van der Waals surface area contributed by atoms with Crippen molar-refractivity contribution in [2.24, 2.45) is 0 Å². The lowest BCUT2D eigenvalue weighted by Gasteiger charge is -2.11. The number of benzene rings is 1. The minimum atomic E-state index is 0.720. The van der Waals surface area contributed by atoms with Crippen molar-refractivity contribution in [3.05, 3.63) is 30.3 Å². The van der Waals surface area contributed by atoms with Gasteiger partial charge >= 0.3 is 0 Å². The summed E-state index contributed by atoms with van der Waals surface area (Å²) in [6, 6.07) is 5.86. The second-order valence-corrected chi connectivity index (χ2v) is 3.60. The maximum Gasteiger partial charge on any atom is 0.130 e. The molecule has 0 unspecified atom stereocenters. The first-order valence-corrected chi connectivity index (χ1v) is 5.83. The van der Waals surface area contributed by atoms with Crippen LogP contribution >= 0.6 is 0 Å². The summed E-state index contributed by atoms with van der Waals surface area (Å²) in [5, 5.41) is 0. The van der Waals surface area contributed by atoms with E-state index >= 15 is 0 Å². The quantitative estimate of drug-likeness (QED) is 0.693. The van der Waals surface area contributed by atoms with Crippen LogP contribution in [0, 0.1) is 0 Å². The van der Waals surface area contributed by atoms with Gasteiger partial charge in [0.05, 0.1) is 13.2 Å². The summed E-state index contributed by atoms with van der Waals surface area (Å²) < 4.78 is 11.2. The molecule has 2 nitrogen and oxygen atoms in total. The van der Waals surface area contributed by atoms with E-state index in [4.69, 9.17) is 9.47 Å². The molecule has 0 atom stereocenters. The summed E-state index contributed by atoms with van der Waals surface area (Å²) in [6.07, 6.45) is 3.81. The van der Waals surface area contributed by atoms with Crippen molar-refractivity contribution >= 4 is 6.08 Å². The maximum absolute atomic E-state index is 5.65. The third kappa shape index (κ3) is 3.61. The fraction of sp³-hybridized carbons (Fsp3) is 0.429. The number of hydrogen-bond donors (Lipinski definition) is 0. The largest absolute Gasteiger partial charge is 0.493 e. The number of rotatable bonds is 7. The van der Waals surface area contributed by atoms with Crippen LogP contribution < -0.4 is 9.47 Å². The predicted octanol–water partition coefficient (Wildman–Crippen LogP) is 3.91. The van der Waals surface area contributed by atoms with Gasteiger partial charge in [-0.3, -0.25) is 0 Å². The normalized spacial score (nSPS) is 9.88. The van der Waals surface area contributed by atoms with Crippen molar-refractivity contribution in [3.8, 4) is 11.5 Å². The zero-order valence-electron chi connectivity index (χ0n) is 10.2. The molecule has 0 saturated carbocycles. The van der Waals surface area contributed by atoms with Gasteiger partial charge in [-0.25, -0.2) is 0 Å². The average molecular weight is 220 g/mol. The van der Waals surface area contributed by atoms with Gasteiger partial charge in [0.25, 0.3) is 0 Å². The highest BCUT2D eigenvalue weighted by atomic mass is 16.5. The Morgan fingerprint density at radius 3 is 2.44 bits per heavy atom. The Balaban J connectivity index is 2.78. The smallest absolute Gasteiger partial charge is 0.130 e. The molecular formula is C14H20O2. The van der Waals surface area contributed by atoms with Crippen molar-refractivity contribution in [2.45, 2.75) is 26.7 Å². The van der Waals surface area contributed by atoms with Crippen LogP contribution in [-0.2, 0) is 0 Å². The SMILES string of the molecule is C=Cc1ccc(OCCC)cc1OCCC. The van der Waals surface area contributed by atoms with Gasteiger partial charge in [-0.15, -0.1) is 0 Å². The van der Waals surface area contributed by atoms with Crippen LogP contribution in [-0.4, -0.2) is 13.2 Å². The molecule has 0 N–H and O–H groups in total. The van der Waals surface area contributed by atoms with Crippen LogP contribution in [0.1, 0.15) is 32.3 Å². The summed E-state index contributed by atoms with van der Waals surface area (Å²) in [5.74, 6) is 1.71. The molecule has 0 bridgehead atoms. The minimum absolute atomic E-state index is 0.720. The first-order valence-electron chi connectivity index (χ1n) is 5.83. The van der Waals surface area contributed by atoms with Gasteiger partial charge in [-0.05, 0) is 25.0 Å². The highest BCUT2D eigenvalue weighted by Crippen LogP contribution is 2.26. The molecule has 0 heterocycles. The summed E-state index contributed by atoms with van der Waals surface area (Å²) in [7, 11) is 0. The summed E-state index contributed by atoms with van der Waals surface area (Å²) in [6.45, 7) is 9.41. The lowest BCUT2D eigenvalue weighted by Crippen LogP contribution is -1.99. The lowest BCUT2D eigenvalue weighted by atomic mass is 10.2. The molecule has 0 aliphatic carbocycles. The van der Waals surface area contributed by atoms with Gasteiger partial charge < -0.3 is 9.47 Å². The molecule has 0 saturated heterocycles. The van der Waals surface area contributed by atoms with Crippen molar-refractivity contribution < 1.29 is 9.47 Å². The van der Waals surface area contributed by atoms with Crippen LogP contribution in [0.15, 0.2) is 24.8 Å². The Labute approximate surface area is 97.9 Å². The van der Waals surface area contributed by atoms with Crippen molar-refractivity contribution in [2.75, 3.05) is 13.2 Å². The monoisotopic (exact) mass is 220 g/mol. The van der Waals surface area contributed by atoms with Crippen molar-refractivity contribution in [3.63, 3.8) is 0 Å². The van der Waals surface area contributed by atoms with E-state index in [1.807, 2.05) is 18.2 Å². The van der Waals surface area contributed by atoms with Gasteiger partial charge in [0.2, 0.25) is 0 Å². The van der Waals surface area contributed by atoms with Gasteiger partial charge in [0.1, 0.15) is 11.5 Å². The highest BCUT2D eigenvalue weighted by molar-refractivity contribution is 5.57. The number of ether oxygens (including phenoxy) is 2. The second-order valence-electron chi connectivity index (χ2n) is 3.60. The second kappa shape index (κ2) is 6.94. The fourth-order valence-electron chi connectivity index (χ4n) is 1.33.